The largest absolute Gasteiger partial charge is 0.150 e. The molecule has 0 spiro atoms. The third kappa shape index (κ3) is 7.59. The molecule has 2 aromatic carbocycles. The molecule has 0 amide bonds. The van der Waals surface area contributed by atoms with Crippen molar-refractivity contribution in [3.05, 3.63) is 54.6 Å². The molecule has 0 atom stereocenters. The van der Waals surface area contributed by atoms with Crippen LogP contribution in [0.25, 0.3) is 16.7 Å². The molecule has 0 unspecified atom stereocenters. The van der Waals surface area contributed by atoms with Crippen molar-refractivity contribution in [2.24, 2.45) is 0 Å². The molecule has 3 heteroatoms. The Hall–Kier alpha value is -2.16. The summed E-state index contributed by atoms with van der Waals surface area (Å²) >= 11 is 0. The van der Waals surface area contributed by atoms with E-state index in [1.54, 1.807) is 4.80 Å². The second-order valence-corrected chi connectivity index (χ2v) is 3.31. The number of fused-ring (bicyclic) bond motifs is 1. The van der Waals surface area contributed by atoms with Gasteiger partial charge in [-0.25, -0.2) is 0 Å². The molecule has 0 radical (unpaired) electrons. The van der Waals surface area contributed by atoms with Crippen molar-refractivity contribution in [3.8, 4) is 5.69 Å². The fourth-order valence-electron chi connectivity index (χ4n) is 1.54. The molecule has 0 aliphatic rings. The molecule has 0 aliphatic carbocycles. The van der Waals surface area contributed by atoms with Crippen LogP contribution in [0.1, 0.15) is 55.4 Å². The van der Waals surface area contributed by atoms with Gasteiger partial charge in [0.1, 0.15) is 11.0 Å². The lowest BCUT2D eigenvalue weighted by Crippen LogP contribution is -1.97. The molecular formula is C20H33N3. The standard InChI is InChI=1S/C12H9N3.4C2H6/c1-2-6-10(7-3-1)15-13-11-8-4-5-9-12(11)14-15;4*1-2/h1-9H;4*1-2H3. The third-order valence-electron chi connectivity index (χ3n) is 2.27. The summed E-state index contributed by atoms with van der Waals surface area (Å²) in [5.74, 6) is 0. The van der Waals surface area contributed by atoms with Gasteiger partial charge in [0.2, 0.25) is 0 Å². The molecule has 1 heterocycles. The van der Waals surface area contributed by atoms with Crippen LogP contribution in [0.3, 0.4) is 0 Å². The van der Waals surface area contributed by atoms with E-state index in [-0.39, 0.29) is 0 Å². The predicted octanol–water partition coefficient (Wildman–Crippen LogP) is 6.53. The van der Waals surface area contributed by atoms with E-state index in [1.807, 2.05) is 110 Å². The highest BCUT2D eigenvalue weighted by Crippen LogP contribution is 2.10. The summed E-state index contributed by atoms with van der Waals surface area (Å²) in [5.41, 5.74) is 2.82. The quantitative estimate of drug-likeness (QED) is 0.511. The molecule has 3 nitrogen and oxygen atoms in total. The fourth-order valence-corrected chi connectivity index (χ4v) is 1.54. The Morgan fingerprint density at radius 3 is 1.26 bits per heavy atom. The maximum atomic E-state index is 4.39. The molecule has 0 N–H and O–H groups in total. The fraction of sp³-hybridized carbons (Fsp3) is 0.400. The SMILES string of the molecule is CC.CC.CC.CC.c1ccc(-n2nc3ccccc3n2)cc1. The Morgan fingerprint density at radius 1 is 0.522 bits per heavy atom. The summed E-state index contributed by atoms with van der Waals surface area (Å²) in [7, 11) is 0. The first-order chi connectivity index (χ1) is 11.4. The van der Waals surface area contributed by atoms with Crippen molar-refractivity contribution in [1.82, 2.24) is 15.0 Å². The van der Waals surface area contributed by atoms with Crippen molar-refractivity contribution in [3.63, 3.8) is 0 Å². The average Bonchev–Trinajstić information content (AvgIpc) is 3.13. The van der Waals surface area contributed by atoms with Gasteiger partial charge < -0.3 is 0 Å². The van der Waals surface area contributed by atoms with Crippen LogP contribution < -0.4 is 0 Å². The Bertz CT molecular complexity index is 553. The highest BCUT2D eigenvalue weighted by molar-refractivity contribution is 5.73. The lowest BCUT2D eigenvalue weighted by Gasteiger charge is -1.96. The minimum Gasteiger partial charge on any atom is -0.150 e. The molecule has 0 saturated carbocycles. The summed E-state index contributed by atoms with van der Waals surface area (Å²) in [6, 6.07) is 17.7. The van der Waals surface area contributed by atoms with Crippen LogP contribution in [0.2, 0.25) is 0 Å². The van der Waals surface area contributed by atoms with Crippen LogP contribution in [0, 0.1) is 0 Å². The van der Waals surface area contributed by atoms with Gasteiger partial charge >= 0.3 is 0 Å². The van der Waals surface area contributed by atoms with Crippen molar-refractivity contribution in [2.45, 2.75) is 55.4 Å². The molecule has 3 aromatic rings. The van der Waals surface area contributed by atoms with Crippen LogP contribution >= 0.6 is 0 Å². The number of aromatic nitrogens is 3. The first kappa shape index (κ1) is 23.1. The molecule has 0 bridgehead atoms. The number of benzene rings is 2. The van der Waals surface area contributed by atoms with Gasteiger partial charge in [-0.3, -0.25) is 0 Å². The second kappa shape index (κ2) is 16.2. The van der Waals surface area contributed by atoms with E-state index < -0.39 is 0 Å². The molecule has 1 aromatic heterocycles. The van der Waals surface area contributed by atoms with E-state index >= 15 is 0 Å². The summed E-state index contributed by atoms with van der Waals surface area (Å²) < 4.78 is 0. The van der Waals surface area contributed by atoms with Gasteiger partial charge in [0.25, 0.3) is 0 Å². The van der Waals surface area contributed by atoms with Crippen LogP contribution in [-0.2, 0) is 0 Å². The number of para-hydroxylation sites is 1. The van der Waals surface area contributed by atoms with Gasteiger partial charge in [-0.1, -0.05) is 85.7 Å². The Morgan fingerprint density at radius 2 is 0.870 bits per heavy atom. The maximum Gasteiger partial charge on any atom is 0.113 e. The zero-order valence-electron chi connectivity index (χ0n) is 16.0. The lowest BCUT2D eigenvalue weighted by molar-refractivity contribution is 0.766. The molecule has 0 fully saturated rings. The maximum absolute atomic E-state index is 4.39. The van der Waals surface area contributed by atoms with E-state index in [2.05, 4.69) is 10.2 Å². The normalized spacial score (nSPS) is 8.00. The van der Waals surface area contributed by atoms with Crippen LogP contribution in [0.4, 0.5) is 0 Å². The molecule has 0 saturated heterocycles. The van der Waals surface area contributed by atoms with Crippen molar-refractivity contribution < 1.29 is 0 Å². The first-order valence-corrected chi connectivity index (χ1v) is 8.81. The van der Waals surface area contributed by atoms with E-state index in [9.17, 15) is 0 Å². The molecule has 3 rings (SSSR count). The van der Waals surface area contributed by atoms with Gasteiger partial charge in [-0.15, -0.1) is 10.2 Å². The van der Waals surface area contributed by atoms with Crippen molar-refractivity contribution >= 4 is 11.0 Å². The van der Waals surface area contributed by atoms with Gasteiger partial charge in [0, 0.05) is 0 Å². The van der Waals surface area contributed by atoms with Crippen LogP contribution in [-0.4, -0.2) is 15.0 Å². The average molecular weight is 316 g/mol. The molecule has 23 heavy (non-hydrogen) atoms. The Balaban J connectivity index is 0. The first-order valence-electron chi connectivity index (χ1n) is 8.81. The van der Waals surface area contributed by atoms with E-state index in [1.165, 1.54) is 0 Å². The smallest absolute Gasteiger partial charge is 0.113 e. The van der Waals surface area contributed by atoms with E-state index in [4.69, 9.17) is 0 Å². The lowest BCUT2D eigenvalue weighted by atomic mass is 10.3. The summed E-state index contributed by atoms with van der Waals surface area (Å²) in [6.45, 7) is 16.0. The van der Waals surface area contributed by atoms with E-state index in [0.29, 0.717) is 0 Å². The molecular weight excluding hydrogens is 282 g/mol. The summed E-state index contributed by atoms with van der Waals surface area (Å²) in [6.07, 6.45) is 0. The third-order valence-corrected chi connectivity index (χ3v) is 2.27. The number of hydrogen-bond acceptors (Lipinski definition) is 2. The topological polar surface area (TPSA) is 30.7 Å². The summed E-state index contributed by atoms with van der Waals surface area (Å²) in [5, 5.41) is 8.78. The minimum absolute atomic E-state index is 0.918. The molecule has 128 valence electrons. The van der Waals surface area contributed by atoms with Gasteiger partial charge in [-0.2, -0.15) is 4.80 Å². The van der Waals surface area contributed by atoms with Gasteiger partial charge in [0.15, 0.2) is 0 Å². The zero-order chi connectivity index (χ0) is 18.1. The van der Waals surface area contributed by atoms with Crippen molar-refractivity contribution in [1.29, 1.82) is 0 Å². The van der Waals surface area contributed by atoms with E-state index in [0.717, 1.165) is 16.7 Å². The zero-order valence-corrected chi connectivity index (χ0v) is 16.0. The minimum atomic E-state index is 0.918. The Kier molecular flexibility index (Phi) is 16.3. The number of rotatable bonds is 1. The second-order valence-electron chi connectivity index (χ2n) is 3.31. The molecule has 0 aliphatic heterocycles. The van der Waals surface area contributed by atoms with Crippen LogP contribution in [0.5, 0.6) is 0 Å². The highest BCUT2D eigenvalue weighted by Gasteiger charge is 2.01. The van der Waals surface area contributed by atoms with Crippen LogP contribution in [0.15, 0.2) is 54.6 Å². The van der Waals surface area contributed by atoms with Crippen molar-refractivity contribution in [2.75, 3.05) is 0 Å². The Labute approximate surface area is 142 Å². The predicted molar refractivity (Wildman–Crippen MR) is 104 cm³/mol. The van der Waals surface area contributed by atoms with Gasteiger partial charge in [-0.05, 0) is 24.3 Å². The number of hydrogen-bond donors (Lipinski definition) is 0. The monoisotopic (exact) mass is 315 g/mol. The van der Waals surface area contributed by atoms with Gasteiger partial charge in [0.05, 0.1) is 5.69 Å². The highest BCUT2D eigenvalue weighted by atomic mass is 15.5. The number of nitrogens with zero attached hydrogens (tertiary/aromatic N) is 3. The summed E-state index contributed by atoms with van der Waals surface area (Å²) in [4.78, 5) is 1.66.